The van der Waals surface area contributed by atoms with Gasteiger partial charge >= 0.3 is 12.0 Å². The number of thiophene rings is 1. The van der Waals surface area contributed by atoms with Crippen LogP contribution in [0.15, 0.2) is 11.8 Å². The van der Waals surface area contributed by atoms with Crippen LogP contribution in [0.4, 0.5) is 4.79 Å². The van der Waals surface area contributed by atoms with Gasteiger partial charge in [0.05, 0.1) is 5.56 Å². The predicted molar refractivity (Wildman–Crippen MR) is 110 cm³/mol. The highest BCUT2D eigenvalue weighted by atomic mass is 32.1. The first-order valence-electron chi connectivity index (χ1n) is 9.62. The van der Waals surface area contributed by atoms with Crippen molar-refractivity contribution in [3.05, 3.63) is 44.7 Å². The number of aliphatic carboxylic acids is 1. The van der Waals surface area contributed by atoms with Crippen molar-refractivity contribution in [3.8, 4) is 11.1 Å². The molecule has 154 valence electrons. The molecule has 8 nitrogen and oxygen atoms in total. The minimum atomic E-state index is -1.26. The number of rotatable bonds is 4. The summed E-state index contributed by atoms with van der Waals surface area (Å²) in [5.74, 6) is -1.93. The summed E-state index contributed by atoms with van der Waals surface area (Å²) in [7, 11) is 0. The maximum Gasteiger partial charge on any atom is 0.329 e. The molecule has 1 aliphatic carbocycles. The minimum Gasteiger partial charge on any atom is -0.480 e. The molecule has 1 saturated heterocycles. The fourth-order valence-electron chi connectivity index (χ4n) is 4.08. The first-order chi connectivity index (χ1) is 14.3. The van der Waals surface area contributed by atoms with Crippen LogP contribution in [-0.2, 0) is 22.4 Å². The Kier molecular flexibility index (Phi) is 4.95. The van der Waals surface area contributed by atoms with Crippen LogP contribution < -0.4 is 5.32 Å². The summed E-state index contributed by atoms with van der Waals surface area (Å²) in [6.45, 7) is 3.14. The molecule has 0 unspecified atom stereocenters. The lowest BCUT2D eigenvalue weighted by Gasteiger charge is -2.10. The van der Waals surface area contributed by atoms with Crippen LogP contribution in [-0.4, -0.2) is 39.0 Å². The van der Waals surface area contributed by atoms with Crippen molar-refractivity contribution in [2.24, 2.45) is 0 Å². The number of carbonyl (C=O) groups excluding carboxylic acids is 2. The van der Waals surface area contributed by atoms with E-state index in [1.165, 1.54) is 4.88 Å². The summed E-state index contributed by atoms with van der Waals surface area (Å²) in [5.41, 5.74) is 4.38. The number of nitriles is 1. The topological polar surface area (TPSA) is 115 Å². The lowest BCUT2D eigenvalue weighted by atomic mass is 9.96. The van der Waals surface area contributed by atoms with Crippen molar-refractivity contribution in [1.82, 2.24) is 14.8 Å². The zero-order chi connectivity index (χ0) is 21.6. The highest BCUT2D eigenvalue weighted by Gasteiger charge is 2.35. The summed E-state index contributed by atoms with van der Waals surface area (Å²) >= 11 is 1.64. The van der Waals surface area contributed by atoms with Gasteiger partial charge < -0.3 is 15.0 Å². The zero-order valence-corrected chi connectivity index (χ0v) is 17.4. The van der Waals surface area contributed by atoms with E-state index in [-0.39, 0.29) is 5.70 Å². The van der Waals surface area contributed by atoms with Crippen molar-refractivity contribution in [2.75, 3.05) is 6.54 Å². The Morgan fingerprint density at radius 1 is 1.33 bits per heavy atom. The maximum atomic E-state index is 12.4. The average Bonchev–Trinajstić information content (AvgIpc) is 3.28. The van der Waals surface area contributed by atoms with Crippen LogP contribution in [0.3, 0.4) is 0 Å². The molecule has 4 rings (SSSR count). The highest BCUT2D eigenvalue weighted by molar-refractivity contribution is 7.15. The highest BCUT2D eigenvalue weighted by Crippen LogP contribution is 2.38. The molecule has 0 bridgehead atoms. The standard InChI is InChI=1S/C21H20N4O4S/c1-11-7-13(8-16-19(28)24(10-18(26)27)21(29)23-16)12(2)25(11)20-15(9-22)14-5-3-4-6-17(14)30-20/h7-8H,3-6,10H2,1-2H3,(H,23,29)(H,26,27)/b16-8+. The average molecular weight is 424 g/mol. The van der Waals surface area contributed by atoms with Crippen LogP contribution in [0.1, 0.15) is 45.8 Å². The van der Waals surface area contributed by atoms with Crippen LogP contribution in [0.25, 0.3) is 11.1 Å². The lowest BCUT2D eigenvalue weighted by molar-refractivity contribution is -0.140. The van der Waals surface area contributed by atoms with Gasteiger partial charge in [-0.2, -0.15) is 5.26 Å². The van der Waals surface area contributed by atoms with E-state index in [2.05, 4.69) is 11.4 Å². The number of carboxylic acids is 1. The van der Waals surface area contributed by atoms with Crippen molar-refractivity contribution in [1.29, 1.82) is 5.26 Å². The zero-order valence-electron chi connectivity index (χ0n) is 16.6. The number of carboxylic acid groups (broad SMARTS) is 1. The minimum absolute atomic E-state index is 0.0347. The molecule has 0 aromatic carbocycles. The van der Waals surface area contributed by atoms with Gasteiger partial charge in [0.15, 0.2) is 0 Å². The summed E-state index contributed by atoms with van der Waals surface area (Å²) in [5, 5.41) is 22.0. The smallest absolute Gasteiger partial charge is 0.329 e. The number of imide groups is 1. The van der Waals surface area contributed by atoms with Gasteiger partial charge in [-0.25, -0.2) is 9.69 Å². The SMILES string of the molecule is Cc1cc(/C=C2/NC(=O)N(CC(=O)O)C2=O)c(C)n1-c1sc2c(c1C#N)CCCC2. The molecule has 3 heterocycles. The largest absolute Gasteiger partial charge is 0.480 e. The molecule has 2 aliphatic rings. The molecule has 30 heavy (non-hydrogen) atoms. The number of aromatic nitrogens is 1. The number of urea groups is 1. The third-order valence-corrected chi connectivity index (χ3v) is 6.77. The summed E-state index contributed by atoms with van der Waals surface area (Å²) in [6, 6.07) is 3.52. The van der Waals surface area contributed by atoms with Gasteiger partial charge in [-0.1, -0.05) is 0 Å². The van der Waals surface area contributed by atoms with Gasteiger partial charge in [-0.3, -0.25) is 9.59 Å². The number of aryl methyl sites for hydroxylation is 2. The van der Waals surface area contributed by atoms with E-state index < -0.39 is 24.5 Å². The molecule has 1 fully saturated rings. The number of fused-ring (bicyclic) bond motifs is 1. The van der Waals surface area contributed by atoms with Gasteiger partial charge in [-0.05, 0) is 62.8 Å². The number of nitrogens with one attached hydrogen (secondary N) is 1. The second-order valence-electron chi connectivity index (χ2n) is 7.44. The summed E-state index contributed by atoms with van der Waals surface area (Å²) in [6.07, 6.45) is 5.69. The van der Waals surface area contributed by atoms with Crippen molar-refractivity contribution >= 4 is 35.3 Å². The Balaban J connectivity index is 1.74. The van der Waals surface area contributed by atoms with E-state index in [0.717, 1.165) is 53.2 Å². The van der Waals surface area contributed by atoms with Crippen LogP contribution in [0.5, 0.6) is 0 Å². The molecule has 0 atom stereocenters. The van der Waals surface area contributed by atoms with Crippen molar-refractivity contribution in [2.45, 2.75) is 39.5 Å². The fourth-order valence-corrected chi connectivity index (χ4v) is 5.53. The molecule has 1 aliphatic heterocycles. The molecular formula is C21H20N4O4S. The van der Waals surface area contributed by atoms with E-state index >= 15 is 0 Å². The van der Waals surface area contributed by atoms with E-state index in [9.17, 15) is 19.6 Å². The second kappa shape index (κ2) is 7.46. The third-order valence-electron chi connectivity index (χ3n) is 5.49. The molecule has 0 saturated carbocycles. The van der Waals surface area contributed by atoms with Crippen LogP contribution in [0.2, 0.25) is 0 Å². The fraction of sp³-hybridized carbons (Fsp3) is 0.333. The number of hydrogen-bond acceptors (Lipinski definition) is 5. The monoisotopic (exact) mass is 424 g/mol. The molecule has 3 amide bonds. The van der Waals surface area contributed by atoms with E-state index in [1.807, 2.05) is 24.5 Å². The van der Waals surface area contributed by atoms with Gasteiger partial charge in [0, 0.05) is 16.3 Å². The molecule has 2 aromatic heterocycles. The summed E-state index contributed by atoms with van der Waals surface area (Å²) in [4.78, 5) is 37.2. The summed E-state index contributed by atoms with van der Waals surface area (Å²) < 4.78 is 2.02. The first-order valence-corrected chi connectivity index (χ1v) is 10.4. The molecular weight excluding hydrogens is 404 g/mol. The van der Waals surface area contributed by atoms with Crippen molar-refractivity contribution < 1.29 is 19.5 Å². The van der Waals surface area contributed by atoms with Crippen LogP contribution >= 0.6 is 11.3 Å². The van der Waals surface area contributed by atoms with E-state index in [4.69, 9.17) is 5.11 Å². The number of hydrogen-bond donors (Lipinski definition) is 2. The van der Waals surface area contributed by atoms with Gasteiger partial charge in [0.1, 0.15) is 23.3 Å². The first kappa shape index (κ1) is 19.9. The Labute approximate surface area is 177 Å². The van der Waals surface area contributed by atoms with Crippen LogP contribution in [0, 0.1) is 25.2 Å². The molecule has 0 spiro atoms. The molecule has 0 radical (unpaired) electrons. The van der Waals surface area contributed by atoms with Gasteiger partial charge in [0.25, 0.3) is 5.91 Å². The number of carbonyl (C=O) groups is 3. The Bertz CT molecular complexity index is 1160. The van der Waals surface area contributed by atoms with E-state index in [0.29, 0.717) is 10.5 Å². The number of amides is 3. The van der Waals surface area contributed by atoms with Gasteiger partial charge in [-0.15, -0.1) is 11.3 Å². The normalized spacial score (nSPS) is 17.2. The number of nitrogens with zero attached hydrogens (tertiary/aromatic N) is 3. The molecule has 2 N–H and O–H groups in total. The van der Waals surface area contributed by atoms with E-state index in [1.54, 1.807) is 17.4 Å². The molecule has 9 heteroatoms. The quantitative estimate of drug-likeness (QED) is 0.578. The Morgan fingerprint density at radius 2 is 2.07 bits per heavy atom. The second-order valence-corrected chi connectivity index (χ2v) is 8.52. The van der Waals surface area contributed by atoms with Gasteiger partial charge in [0.2, 0.25) is 0 Å². The lowest BCUT2D eigenvalue weighted by Crippen LogP contribution is -2.35. The predicted octanol–water partition coefficient (Wildman–Crippen LogP) is 2.88. The van der Waals surface area contributed by atoms with Crippen molar-refractivity contribution in [3.63, 3.8) is 0 Å². The Hall–Kier alpha value is -3.38. The Morgan fingerprint density at radius 3 is 2.77 bits per heavy atom. The molecule has 2 aromatic rings. The maximum absolute atomic E-state index is 12.4. The third kappa shape index (κ3) is 3.19.